The van der Waals surface area contributed by atoms with E-state index in [-0.39, 0.29) is 12.0 Å². The highest BCUT2D eigenvalue weighted by molar-refractivity contribution is 5.94. The van der Waals surface area contributed by atoms with Crippen LogP contribution in [0.1, 0.15) is 72.5 Å². The molecular formula is C31H45N5O3. The number of carbonyl (C=O) groups is 1. The molecule has 212 valence electrons. The third-order valence-electron chi connectivity index (χ3n) is 9.32. The molecule has 1 aliphatic carbocycles. The number of likely N-dealkylation sites (tertiary alicyclic amines) is 1. The second-order valence-electron chi connectivity index (χ2n) is 11.6. The van der Waals surface area contributed by atoms with Gasteiger partial charge in [-0.15, -0.1) is 0 Å². The van der Waals surface area contributed by atoms with Gasteiger partial charge in [0.25, 0.3) is 5.91 Å². The van der Waals surface area contributed by atoms with Crippen LogP contribution >= 0.6 is 0 Å². The summed E-state index contributed by atoms with van der Waals surface area (Å²) in [5.74, 6) is 2.03. The maximum atomic E-state index is 13.5. The molecule has 2 saturated heterocycles. The molecule has 2 aromatic rings. The van der Waals surface area contributed by atoms with E-state index in [1.165, 1.54) is 37.6 Å². The molecule has 3 fully saturated rings. The molecule has 3 aliphatic rings. The zero-order chi connectivity index (χ0) is 27.2. The smallest absolute Gasteiger partial charge is 0.272 e. The lowest BCUT2D eigenvalue weighted by atomic mass is 9.78. The van der Waals surface area contributed by atoms with Gasteiger partial charge in [0.2, 0.25) is 0 Å². The highest BCUT2D eigenvalue weighted by atomic mass is 16.5. The van der Waals surface area contributed by atoms with E-state index in [0.717, 1.165) is 56.9 Å². The Hall–Kier alpha value is -2.55. The number of piperidine rings is 1. The van der Waals surface area contributed by atoms with Gasteiger partial charge in [-0.05, 0) is 69.9 Å². The number of ether oxygens (including phenoxy) is 2. The number of hydrogen-bond donors (Lipinski definition) is 1. The van der Waals surface area contributed by atoms with E-state index in [0.29, 0.717) is 36.2 Å². The summed E-state index contributed by atoms with van der Waals surface area (Å²) in [5, 5.41) is 3.57. The molecule has 3 heterocycles. The van der Waals surface area contributed by atoms with Crippen LogP contribution in [0.3, 0.4) is 0 Å². The van der Waals surface area contributed by atoms with Crippen LogP contribution in [0.5, 0.6) is 0 Å². The largest absolute Gasteiger partial charge is 0.379 e. The highest BCUT2D eigenvalue weighted by Gasteiger charge is 2.35. The van der Waals surface area contributed by atoms with Gasteiger partial charge in [0.05, 0.1) is 12.7 Å². The van der Waals surface area contributed by atoms with Gasteiger partial charge >= 0.3 is 0 Å². The van der Waals surface area contributed by atoms with Crippen molar-refractivity contribution in [2.45, 2.75) is 76.0 Å². The first-order valence-electron chi connectivity index (χ1n) is 14.8. The van der Waals surface area contributed by atoms with Gasteiger partial charge in [-0.25, -0.2) is 9.97 Å². The normalized spacial score (nSPS) is 26.5. The number of nitrogens with one attached hydrogen (secondary N) is 1. The van der Waals surface area contributed by atoms with Crippen molar-refractivity contribution in [3.63, 3.8) is 0 Å². The number of carbonyl (C=O) groups excluding carboxylic acids is 1. The Labute approximate surface area is 233 Å². The maximum Gasteiger partial charge on any atom is 0.272 e. The molecule has 1 aromatic heterocycles. The molecule has 3 unspecified atom stereocenters. The van der Waals surface area contributed by atoms with Crippen LogP contribution in [-0.2, 0) is 9.47 Å². The van der Waals surface area contributed by atoms with E-state index >= 15 is 0 Å². The Morgan fingerprint density at radius 2 is 1.92 bits per heavy atom. The Morgan fingerprint density at radius 3 is 2.69 bits per heavy atom. The SMILES string of the molecule is COC1COCCC1N(C)C1CCN(C(=O)c2ncnc(NCC3CCC[C@@H](c4ccccc4)C3)c2C)CC1. The van der Waals surface area contributed by atoms with E-state index in [9.17, 15) is 4.79 Å². The molecule has 8 heteroatoms. The van der Waals surface area contributed by atoms with E-state index < -0.39 is 0 Å². The number of amides is 1. The minimum atomic E-state index is 0.0155. The Morgan fingerprint density at radius 1 is 1.13 bits per heavy atom. The third-order valence-corrected chi connectivity index (χ3v) is 9.32. The molecule has 1 aromatic carbocycles. The maximum absolute atomic E-state index is 13.5. The van der Waals surface area contributed by atoms with Crippen LogP contribution in [0.2, 0.25) is 0 Å². The van der Waals surface area contributed by atoms with Crippen LogP contribution < -0.4 is 5.32 Å². The predicted octanol–water partition coefficient (Wildman–Crippen LogP) is 4.51. The van der Waals surface area contributed by atoms with Gasteiger partial charge in [-0.2, -0.15) is 0 Å². The lowest BCUT2D eigenvalue weighted by Gasteiger charge is -2.44. The second-order valence-corrected chi connectivity index (χ2v) is 11.6. The highest BCUT2D eigenvalue weighted by Crippen LogP contribution is 2.36. The fraction of sp³-hybridized carbons (Fsp3) is 0.645. The zero-order valence-corrected chi connectivity index (χ0v) is 23.8. The molecule has 39 heavy (non-hydrogen) atoms. The summed E-state index contributed by atoms with van der Waals surface area (Å²) in [6.45, 7) is 5.76. The number of hydrogen-bond acceptors (Lipinski definition) is 7. The topological polar surface area (TPSA) is 79.8 Å². The van der Waals surface area contributed by atoms with Crippen molar-refractivity contribution in [2.75, 3.05) is 52.3 Å². The molecule has 4 atom stereocenters. The van der Waals surface area contributed by atoms with Crippen molar-refractivity contribution in [1.29, 1.82) is 0 Å². The second kappa shape index (κ2) is 13.2. The first-order chi connectivity index (χ1) is 19.0. The number of aromatic nitrogens is 2. The number of benzene rings is 1. The molecule has 1 N–H and O–H groups in total. The first kappa shape index (κ1) is 28.0. The summed E-state index contributed by atoms with van der Waals surface area (Å²) < 4.78 is 11.3. The summed E-state index contributed by atoms with van der Waals surface area (Å²) in [6, 6.07) is 11.7. The lowest BCUT2D eigenvalue weighted by molar-refractivity contribution is -0.0891. The predicted molar refractivity (Wildman–Crippen MR) is 153 cm³/mol. The van der Waals surface area contributed by atoms with Crippen molar-refractivity contribution in [3.8, 4) is 0 Å². The third kappa shape index (κ3) is 6.61. The van der Waals surface area contributed by atoms with E-state index in [1.54, 1.807) is 7.11 Å². The van der Waals surface area contributed by atoms with Gasteiger partial charge in [0.1, 0.15) is 17.8 Å². The average Bonchev–Trinajstić information content (AvgIpc) is 3.00. The van der Waals surface area contributed by atoms with Crippen molar-refractivity contribution >= 4 is 11.7 Å². The average molecular weight is 536 g/mol. The molecule has 0 bridgehead atoms. The number of methoxy groups -OCH3 is 1. The van der Waals surface area contributed by atoms with Gasteiger partial charge in [-0.3, -0.25) is 9.69 Å². The number of nitrogens with zero attached hydrogens (tertiary/aromatic N) is 4. The van der Waals surface area contributed by atoms with Crippen molar-refractivity contribution in [3.05, 3.63) is 53.5 Å². The molecule has 5 rings (SSSR count). The first-order valence-corrected chi connectivity index (χ1v) is 14.8. The minimum Gasteiger partial charge on any atom is -0.379 e. The Bertz CT molecular complexity index is 1080. The van der Waals surface area contributed by atoms with Gasteiger partial charge in [-0.1, -0.05) is 36.8 Å². The molecule has 1 amide bonds. The van der Waals surface area contributed by atoms with Crippen LogP contribution in [0.25, 0.3) is 0 Å². The van der Waals surface area contributed by atoms with E-state index in [4.69, 9.17) is 9.47 Å². The molecule has 2 aliphatic heterocycles. The summed E-state index contributed by atoms with van der Waals surface area (Å²) in [7, 11) is 3.97. The molecule has 0 spiro atoms. The summed E-state index contributed by atoms with van der Waals surface area (Å²) in [4.78, 5) is 26.9. The lowest BCUT2D eigenvalue weighted by Crippen LogP contribution is -2.54. The Kier molecular flexibility index (Phi) is 9.48. The standard InChI is InChI=1S/C31H45N5O3/c1-22-29(31(37)36-15-12-26(13-16-36)35(2)27-14-17-39-20-28(27)38-3)33-21-34-30(22)32-19-23-8-7-11-25(18-23)24-9-5-4-6-10-24/h4-6,9-10,21,23,25-28H,7-8,11-20H2,1-3H3,(H,32,33,34)/t23?,25-,27?,28?/m1/s1. The van der Waals surface area contributed by atoms with Crippen LogP contribution in [-0.4, -0.2) is 90.9 Å². The summed E-state index contributed by atoms with van der Waals surface area (Å²) >= 11 is 0. The fourth-order valence-corrected chi connectivity index (χ4v) is 6.88. The van der Waals surface area contributed by atoms with E-state index in [1.807, 2.05) is 11.8 Å². The van der Waals surface area contributed by atoms with Crippen LogP contribution in [0.15, 0.2) is 36.7 Å². The fourth-order valence-electron chi connectivity index (χ4n) is 6.88. The molecule has 0 radical (unpaired) electrons. The van der Waals surface area contributed by atoms with Gasteiger partial charge in [0, 0.05) is 51.0 Å². The van der Waals surface area contributed by atoms with Crippen LogP contribution in [0, 0.1) is 12.8 Å². The number of rotatable bonds is 8. The van der Waals surface area contributed by atoms with Crippen LogP contribution in [0.4, 0.5) is 5.82 Å². The minimum absolute atomic E-state index is 0.0155. The van der Waals surface area contributed by atoms with Crippen molar-refractivity contribution in [2.24, 2.45) is 5.92 Å². The number of likely N-dealkylation sites (N-methyl/N-ethyl adjacent to an activating group) is 1. The molecular weight excluding hydrogens is 490 g/mol. The zero-order valence-electron chi connectivity index (χ0n) is 23.8. The molecule has 1 saturated carbocycles. The van der Waals surface area contributed by atoms with Crippen molar-refractivity contribution < 1.29 is 14.3 Å². The van der Waals surface area contributed by atoms with Gasteiger partial charge in [0.15, 0.2) is 0 Å². The molecule has 8 nitrogen and oxygen atoms in total. The monoisotopic (exact) mass is 535 g/mol. The summed E-state index contributed by atoms with van der Waals surface area (Å²) in [6.07, 6.45) is 9.47. The summed E-state index contributed by atoms with van der Waals surface area (Å²) in [5.41, 5.74) is 2.82. The Balaban J connectivity index is 1.15. The quantitative estimate of drug-likeness (QED) is 0.533. The number of anilines is 1. The van der Waals surface area contributed by atoms with Gasteiger partial charge < -0.3 is 19.7 Å². The van der Waals surface area contributed by atoms with Crippen molar-refractivity contribution in [1.82, 2.24) is 19.8 Å². The van der Waals surface area contributed by atoms with E-state index in [2.05, 4.69) is 57.6 Å².